The van der Waals surface area contributed by atoms with Crippen molar-refractivity contribution in [1.82, 2.24) is 4.90 Å². The molecule has 0 heterocycles. The lowest BCUT2D eigenvalue weighted by Gasteiger charge is -2.33. The molecule has 1 rings (SSSR count). The topological polar surface area (TPSA) is 38.5 Å². The molecule has 0 saturated carbocycles. The van der Waals surface area contributed by atoms with Crippen LogP contribution in [0.4, 0.5) is 0 Å². The van der Waals surface area contributed by atoms with Crippen LogP contribution in [0.2, 0.25) is 0 Å². The van der Waals surface area contributed by atoms with Crippen LogP contribution in [0.15, 0.2) is 24.3 Å². The predicted octanol–water partition coefficient (Wildman–Crippen LogP) is 2.56. The predicted molar refractivity (Wildman–Crippen MR) is 76.5 cm³/mol. The quantitative estimate of drug-likeness (QED) is 0.808. The fourth-order valence-electron chi connectivity index (χ4n) is 2.25. The Hall–Kier alpha value is -0.900. The molecule has 102 valence electrons. The third kappa shape index (κ3) is 3.55. The second-order valence-electron chi connectivity index (χ2n) is 4.81. The van der Waals surface area contributed by atoms with E-state index in [1.807, 2.05) is 0 Å². The molecule has 0 aliphatic heterocycles. The van der Waals surface area contributed by atoms with Crippen molar-refractivity contribution in [3.63, 3.8) is 0 Å². The lowest BCUT2D eigenvalue weighted by atomic mass is 9.98. The van der Waals surface area contributed by atoms with E-state index in [0.29, 0.717) is 19.2 Å². The van der Waals surface area contributed by atoms with Crippen LogP contribution in [0, 0.1) is 0 Å². The Bertz CT molecular complexity index is 354. The van der Waals surface area contributed by atoms with Gasteiger partial charge in [-0.15, -0.1) is 0 Å². The molecule has 2 atom stereocenters. The second-order valence-corrected chi connectivity index (χ2v) is 4.81. The van der Waals surface area contributed by atoms with E-state index in [1.165, 1.54) is 11.1 Å². The van der Waals surface area contributed by atoms with Crippen LogP contribution in [-0.4, -0.2) is 31.6 Å². The van der Waals surface area contributed by atoms with Crippen LogP contribution >= 0.6 is 0 Å². The molecular formula is C15H26N2O. The zero-order chi connectivity index (χ0) is 13.5. The van der Waals surface area contributed by atoms with Gasteiger partial charge >= 0.3 is 0 Å². The molecule has 0 aliphatic rings. The summed E-state index contributed by atoms with van der Waals surface area (Å²) in [5.41, 5.74) is 8.49. The smallest absolute Gasteiger partial charge is 0.0716 e. The first-order chi connectivity index (χ1) is 8.65. The number of nitrogens with zero attached hydrogens (tertiary/aromatic N) is 1. The van der Waals surface area contributed by atoms with E-state index < -0.39 is 0 Å². The largest absolute Gasteiger partial charge is 0.380 e. The Morgan fingerprint density at radius 2 is 2.00 bits per heavy atom. The zero-order valence-electron chi connectivity index (χ0n) is 12.0. The highest BCUT2D eigenvalue weighted by molar-refractivity contribution is 5.30. The van der Waals surface area contributed by atoms with Crippen molar-refractivity contribution < 1.29 is 4.74 Å². The van der Waals surface area contributed by atoms with Crippen molar-refractivity contribution in [1.29, 1.82) is 0 Å². The molecule has 0 spiro atoms. The maximum atomic E-state index is 5.98. The molecule has 0 saturated heterocycles. The molecule has 0 aromatic heterocycles. The fourth-order valence-corrected chi connectivity index (χ4v) is 2.25. The zero-order valence-corrected chi connectivity index (χ0v) is 12.0. The van der Waals surface area contributed by atoms with Crippen LogP contribution in [0.5, 0.6) is 0 Å². The Kier molecular flexibility index (Phi) is 6.33. The average Bonchev–Trinajstić information content (AvgIpc) is 2.40. The summed E-state index contributed by atoms with van der Waals surface area (Å²) in [5, 5.41) is 0. The molecule has 2 unspecified atom stereocenters. The van der Waals surface area contributed by atoms with Gasteiger partial charge in [0.2, 0.25) is 0 Å². The van der Waals surface area contributed by atoms with Gasteiger partial charge in [-0.25, -0.2) is 0 Å². The van der Waals surface area contributed by atoms with Gasteiger partial charge in [-0.2, -0.15) is 0 Å². The highest BCUT2D eigenvalue weighted by Crippen LogP contribution is 2.25. The molecular weight excluding hydrogens is 224 g/mol. The maximum Gasteiger partial charge on any atom is 0.0716 e. The van der Waals surface area contributed by atoms with Gasteiger partial charge in [0.1, 0.15) is 0 Å². The van der Waals surface area contributed by atoms with Gasteiger partial charge in [-0.05, 0) is 31.5 Å². The van der Waals surface area contributed by atoms with E-state index in [9.17, 15) is 0 Å². The monoisotopic (exact) mass is 250 g/mol. The number of methoxy groups -OCH3 is 1. The van der Waals surface area contributed by atoms with Crippen molar-refractivity contribution in [3.8, 4) is 0 Å². The number of benzene rings is 1. The molecule has 1 aromatic rings. The van der Waals surface area contributed by atoms with E-state index >= 15 is 0 Å². The third-order valence-electron chi connectivity index (χ3n) is 3.71. The van der Waals surface area contributed by atoms with Gasteiger partial charge < -0.3 is 10.5 Å². The van der Waals surface area contributed by atoms with Crippen molar-refractivity contribution in [2.24, 2.45) is 5.73 Å². The van der Waals surface area contributed by atoms with Gasteiger partial charge in [0, 0.05) is 25.7 Å². The van der Waals surface area contributed by atoms with Gasteiger partial charge in [0.05, 0.1) is 6.61 Å². The Balaban J connectivity index is 3.00. The van der Waals surface area contributed by atoms with Gasteiger partial charge in [0.15, 0.2) is 0 Å². The van der Waals surface area contributed by atoms with E-state index in [4.69, 9.17) is 10.5 Å². The number of nitrogens with two attached hydrogens (primary N) is 1. The van der Waals surface area contributed by atoms with Crippen molar-refractivity contribution in [3.05, 3.63) is 35.4 Å². The van der Waals surface area contributed by atoms with Crippen LogP contribution in [0.1, 0.15) is 37.4 Å². The summed E-state index contributed by atoms with van der Waals surface area (Å²) in [4.78, 5) is 2.36. The molecule has 0 fully saturated rings. The van der Waals surface area contributed by atoms with Crippen LogP contribution in [0.25, 0.3) is 0 Å². The summed E-state index contributed by atoms with van der Waals surface area (Å²) in [6.45, 7) is 5.71. The molecule has 0 amide bonds. The average molecular weight is 250 g/mol. The molecule has 3 nitrogen and oxygen atoms in total. The summed E-state index contributed by atoms with van der Waals surface area (Å²) >= 11 is 0. The summed E-state index contributed by atoms with van der Waals surface area (Å²) in [5.74, 6) is 0. The Morgan fingerprint density at radius 3 is 2.56 bits per heavy atom. The summed E-state index contributed by atoms with van der Waals surface area (Å²) in [7, 11) is 3.88. The minimum atomic E-state index is 0.256. The summed E-state index contributed by atoms with van der Waals surface area (Å²) < 4.78 is 5.27. The molecule has 0 aliphatic carbocycles. The maximum absolute atomic E-state index is 5.98. The molecule has 0 radical (unpaired) electrons. The van der Waals surface area contributed by atoms with Gasteiger partial charge in [-0.1, -0.05) is 31.2 Å². The molecule has 18 heavy (non-hydrogen) atoms. The molecule has 2 N–H and O–H groups in total. The van der Waals surface area contributed by atoms with Gasteiger partial charge in [0.25, 0.3) is 0 Å². The van der Waals surface area contributed by atoms with E-state index in [1.54, 1.807) is 7.11 Å². The first kappa shape index (κ1) is 15.2. The molecule has 0 bridgehead atoms. The number of ether oxygens (including phenoxy) is 1. The van der Waals surface area contributed by atoms with E-state index in [0.717, 1.165) is 6.42 Å². The summed E-state index contributed by atoms with van der Waals surface area (Å²) in [6.07, 6.45) is 1.12. The molecule has 1 aromatic carbocycles. The highest BCUT2D eigenvalue weighted by Gasteiger charge is 2.21. The highest BCUT2D eigenvalue weighted by atomic mass is 16.5. The number of hydrogen-bond donors (Lipinski definition) is 1. The van der Waals surface area contributed by atoms with Crippen LogP contribution in [0.3, 0.4) is 0 Å². The number of likely N-dealkylation sites (N-methyl/N-ethyl adjacent to an activating group) is 1. The van der Waals surface area contributed by atoms with Crippen LogP contribution < -0.4 is 5.73 Å². The fraction of sp³-hybridized carbons (Fsp3) is 0.600. The minimum Gasteiger partial charge on any atom is -0.380 e. The first-order valence-electron chi connectivity index (χ1n) is 6.64. The standard InChI is InChI=1S/C15H26N2O/c1-5-12(2)17(3)15(10-16)14-9-7-6-8-13(14)11-18-4/h6-9,12,15H,5,10-11,16H2,1-4H3. The normalized spacial score (nSPS) is 14.8. The SMILES string of the molecule is CCC(C)N(C)C(CN)c1ccccc1COC. The number of hydrogen-bond acceptors (Lipinski definition) is 3. The van der Waals surface area contributed by atoms with E-state index in [-0.39, 0.29) is 6.04 Å². The second kappa shape index (κ2) is 7.52. The minimum absolute atomic E-state index is 0.256. The Morgan fingerprint density at radius 1 is 1.33 bits per heavy atom. The molecule has 3 heteroatoms. The number of rotatable bonds is 7. The lowest BCUT2D eigenvalue weighted by molar-refractivity contribution is 0.168. The van der Waals surface area contributed by atoms with Crippen LogP contribution in [-0.2, 0) is 11.3 Å². The summed E-state index contributed by atoms with van der Waals surface area (Å²) in [6, 6.07) is 9.17. The lowest BCUT2D eigenvalue weighted by Crippen LogP contribution is -2.37. The van der Waals surface area contributed by atoms with Gasteiger partial charge in [-0.3, -0.25) is 4.90 Å². The first-order valence-corrected chi connectivity index (χ1v) is 6.64. The van der Waals surface area contributed by atoms with Crippen molar-refractivity contribution in [2.75, 3.05) is 20.7 Å². The Labute approximate surface area is 111 Å². The van der Waals surface area contributed by atoms with E-state index in [2.05, 4.69) is 50.1 Å². The third-order valence-corrected chi connectivity index (χ3v) is 3.71. The van der Waals surface area contributed by atoms with Crippen molar-refractivity contribution in [2.45, 2.75) is 39.0 Å². The van der Waals surface area contributed by atoms with Crippen molar-refractivity contribution >= 4 is 0 Å².